The van der Waals surface area contributed by atoms with Gasteiger partial charge in [-0.3, -0.25) is 4.79 Å². The molecule has 0 bridgehead atoms. The van der Waals surface area contributed by atoms with E-state index in [1.165, 1.54) is 6.07 Å². The first-order valence-electron chi connectivity index (χ1n) is 9.24. The first-order chi connectivity index (χ1) is 14.7. The molecule has 168 valence electrons. The Balaban J connectivity index is 1.88. The van der Waals surface area contributed by atoms with Gasteiger partial charge < -0.3 is 24.3 Å². The highest BCUT2D eigenvalue weighted by atomic mass is 19.4. The van der Waals surface area contributed by atoms with Gasteiger partial charge in [0.2, 0.25) is 5.88 Å². The van der Waals surface area contributed by atoms with Gasteiger partial charge in [0, 0.05) is 24.0 Å². The van der Waals surface area contributed by atoms with Gasteiger partial charge in [-0.1, -0.05) is 0 Å². The van der Waals surface area contributed by atoms with E-state index in [4.69, 9.17) is 14.2 Å². The van der Waals surface area contributed by atoms with Gasteiger partial charge in [0.15, 0.2) is 24.7 Å². The molecule has 8 nitrogen and oxygen atoms in total. The quantitative estimate of drug-likeness (QED) is 0.562. The van der Waals surface area contributed by atoms with Crippen LogP contribution >= 0.6 is 0 Å². The number of carbonyl (C=O) groups is 2. The number of alkyl halides is 3. The van der Waals surface area contributed by atoms with E-state index in [0.717, 1.165) is 12.3 Å². The lowest BCUT2D eigenvalue weighted by atomic mass is 10.2. The summed E-state index contributed by atoms with van der Waals surface area (Å²) in [6.07, 6.45) is -3.51. The van der Waals surface area contributed by atoms with Gasteiger partial charge in [-0.25, -0.2) is 9.78 Å². The minimum Gasteiger partial charge on any atom is -0.490 e. The van der Waals surface area contributed by atoms with Gasteiger partial charge in [-0.15, -0.1) is 0 Å². The highest BCUT2D eigenvalue weighted by molar-refractivity contribution is 5.95. The number of carbonyl (C=O) groups excluding carboxylic acids is 2. The summed E-state index contributed by atoms with van der Waals surface area (Å²) in [7, 11) is 0. The largest absolute Gasteiger partial charge is 0.490 e. The van der Waals surface area contributed by atoms with Crippen molar-refractivity contribution >= 4 is 17.6 Å². The number of anilines is 1. The molecule has 0 aliphatic rings. The predicted octanol–water partition coefficient (Wildman–Crippen LogP) is 3.62. The second-order valence-electron chi connectivity index (χ2n) is 5.94. The SMILES string of the molecule is CCOc1ccc(NC(=O)COC(=O)c2ccc(OCC(F)(F)F)nc2)cc1OCC. The Morgan fingerprint density at radius 1 is 1.00 bits per heavy atom. The lowest BCUT2D eigenvalue weighted by Gasteiger charge is -2.13. The van der Waals surface area contributed by atoms with Gasteiger partial charge in [-0.05, 0) is 32.0 Å². The van der Waals surface area contributed by atoms with Crippen LogP contribution < -0.4 is 19.5 Å². The second-order valence-corrected chi connectivity index (χ2v) is 5.94. The summed E-state index contributed by atoms with van der Waals surface area (Å²) < 4.78 is 56.6. The molecule has 0 radical (unpaired) electrons. The fourth-order valence-corrected chi connectivity index (χ4v) is 2.28. The monoisotopic (exact) mass is 442 g/mol. The van der Waals surface area contributed by atoms with Crippen LogP contribution in [0.2, 0.25) is 0 Å². The van der Waals surface area contributed by atoms with Crippen molar-refractivity contribution in [3.8, 4) is 17.4 Å². The molecule has 0 aliphatic carbocycles. The van der Waals surface area contributed by atoms with Crippen molar-refractivity contribution in [1.29, 1.82) is 0 Å². The van der Waals surface area contributed by atoms with Crippen molar-refractivity contribution in [2.45, 2.75) is 20.0 Å². The van der Waals surface area contributed by atoms with Crippen molar-refractivity contribution in [2.24, 2.45) is 0 Å². The number of esters is 1. The molecule has 2 aromatic rings. The Morgan fingerprint density at radius 2 is 1.71 bits per heavy atom. The molecule has 1 aromatic carbocycles. The maximum Gasteiger partial charge on any atom is 0.422 e. The highest BCUT2D eigenvalue weighted by Crippen LogP contribution is 2.30. The van der Waals surface area contributed by atoms with Crippen molar-refractivity contribution in [1.82, 2.24) is 4.98 Å². The zero-order valence-corrected chi connectivity index (χ0v) is 16.8. The third-order valence-corrected chi connectivity index (χ3v) is 3.52. The molecule has 0 aliphatic heterocycles. The normalized spacial score (nSPS) is 10.9. The predicted molar refractivity (Wildman–Crippen MR) is 103 cm³/mol. The molecule has 11 heteroatoms. The van der Waals surface area contributed by atoms with Gasteiger partial charge in [-0.2, -0.15) is 13.2 Å². The number of halogens is 3. The average molecular weight is 442 g/mol. The molecular formula is C20H21F3N2O6. The van der Waals surface area contributed by atoms with Crippen LogP contribution in [0, 0.1) is 0 Å². The maximum absolute atomic E-state index is 12.1. The topological polar surface area (TPSA) is 96.0 Å². The average Bonchev–Trinajstić information content (AvgIpc) is 2.72. The number of nitrogens with zero attached hydrogens (tertiary/aromatic N) is 1. The van der Waals surface area contributed by atoms with Crippen molar-refractivity contribution in [3.05, 3.63) is 42.1 Å². The zero-order chi connectivity index (χ0) is 22.9. The van der Waals surface area contributed by atoms with Crippen LogP contribution in [0.1, 0.15) is 24.2 Å². The minimum atomic E-state index is -4.50. The second kappa shape index (κ2) is 11.0. The number of pyridine rings is 1. The molecule has 0 spiro atoms. The summed E-state index contributed by atoms with van der Waals surface area (Å²) >= 11 is 0. The van der Waals surface area contributed by atoms with Crippen LogP contribution in [0.4, 0.5) is 18.9 Å². The molecule has 0 fully saturated rings. The van der Waals surface area contributed by atoms with E-state index in [9.17, 15) is 22.8 Å². The van der Waals surface area contributed by atoms with E-state index in [-0.39, 0.29) is 11.4 Å². The molecule has 1 amide bonds. The molecule has 2 rings (SSSR count). The van der Waals surface area contributed by atoms with Crippen LogP contribution in [0.5, 0.6) is 17.4 Å². The molecule has 0 unspecified atom stereocenters. The molecule has 0 saturated heterocycles. The van der Waals surface area contributed by atoms with Crippen LogP contribution in [0.25, 0.3) is 0 Å². The summed E-state index contributed by atoms with van der Waals surface area (Å²) in [6, 6.07) is 7.11. The van der Waals surface area contributed by atoms with E-state index < -0.39 is 31.3 Å². The number of benzene rings is 1. The zero-order valence-electron chi connectivity index (χ0n) is 16.8. The Bertz CT molecular complexity index is 887. The Kier molecular flexibility index (Phi) is 8.47. The lowest BCUT2D eigenvalue weighted by Crippen LogP contribution is -2.21. The fraction of sp³-hybridized carbons (Fsp3) is 0.350. The number of ether oxygens (including phenoxy) is 4. The summed E-state index contributed by atoms with van der Waals surface area (Å²) in [5.41, 5.74) is 0.368. The molecule has 0 atom stereocenters. The number of aromatic nitrogens is 1. The van der Waals surface area contributed by atoms with E-state index in [0.29, 0.717) is 30.4 Å². The molecule has 0 saturated carbocycles. The van der Waals surface area contributed by atoms with Crippen molar-refractivity contribution in [3.63, 3.8) is 0 Å². The fourth-order valence-electron chi connectivity index (χ4n) is 2.28. The molecule has 1 aromatic heterocycles. The Morgan fingerprint density at radius 3 is 2.32 bits per heavy atom. The van der Waals surface area contributed by atoms with Crippen LogP contribution in [-0.2, 0) is 9.53 Å². The molecule has 1 N–H and O–H groups in total. The number of nitrogens with one attached hydrogen (secondary N) is 1. The van der Waals surface area contributed by atoms with Gasteiger partial charge in [0.1, 0.15) is 0 Å². The standard InChI is InChI=1S/C20H21F3N2O6/c1-3-28-15-7-6-14(9-16(15)29-4-2)25-17(26)11-30-19(27)13-5-8-18(24-10-13)31-12-20(21,22)23/h5-10H,3-4,11-12H2,1-2H3,(H,25,26). The third-order valence-electron chi connectivity index (χ3n) is 3.52. The Hall–Kier alpha value is -3.50. The smallest absolute Gasteiger partial charge is 0.422 e. The summed E-state index contributed by atoms with van der Waals surface area (Å²) in [6.45, 7) is 2.42. The lowest BCUT2D eigenvalue weighted by molar-refractivity contribution is -0.154. The summed E-state index contributed by atoms with van der Waals surface area (Å²) in [4.78, 5) is 27.6. The first kappa shape index (κ1) is 23.8. The molecule has 1 heterocycles. The van der Waals surface area contributed by atoms with Gasteiger partial charge >= 0.3 is 12.1 Å². The summed E-state index contributed by atoms with van der Waals surface area (Å²) in [5, 5.41) is 2.56. The Labute approximate surface area is 176 Å². The van der Waals surface area contributed by atoms with E-state index >= 15 is 0 Å². The minimum absolute atomic E-state index is 0.0492. The number of amides is 1. The molecule has 31 heavy (non-hydrogen) atoms. The van der Waals surface area contributed by atoms with Crippen LogP contribution in [-0.4, -0.2) is 49.5 Å². The highest BCUT2D eigenvalue weighted by Gasteiger charge is 2.28. The van der Waals surface area contributed by atoms with Gasteiger partial charge in [0.05, 0.1) is 18.8 Å². The van der Waals surface area contributed by atoms with Crippen LogP contribution in [0.15, 0.2) is 36.5 Å². The molecular weight excluding hydrogens is 421 g/mol. The van der Waals surface area contributed by atoms with Crippen LogP contribution in [0.3, 0.4) is 0 Å². The number of hydrogen-bond acceptors (Lipinski definition) is 7. The van der Waals surface area contributed by atoms with Crippen molar-refractivity contribution < 1.29 is 41.7 Å². The maximum atomic E-state index is 12.1. The summed E-state index contributed by atoms with van der Waals surface area (Å²) in [5.74, 6) is -0.779. The van der Waals surface area contributed by atoms with E-state index in [1.54, 1.807) is 18.2 Å². The first-order valence-corrected chi connectivity index (χ1v) is 9.24. The van der Waals surface area contributed by atoms with Crippen molar-refractivity contribution in [2.75, 3.05) is 31.7 Å². The van der Waals surface area contributed by atoms with E-state index in [2.05, 4.69) is 15.0 Å². The third kappa shape index (κ3) is 8.03. The number of rotatable bonds is 10. The number of hydrogen-bond donors (Lipinski definition) is 1. The van der Waals surface area contributed by atoms with E-state index in [1.807, 2.05) is 13.8 Å². The van der Waals surface area contributed by atoms with Gasteiger partial charge in [0.25, 0.3) is 5.91 Å².